The maximum atomic E-state index is 13.5. The highest BCUT2D eigenvalue weighted by Crippen LogP contribution is 2.33. The number of para-hydroxylation sites is 1. The van der Waals surface area contributed by atoms with Crippen molar-refractivity contribution in [2.24, 2.45) is 0 Å². The van der Waals surface area contributed by atoms with Crippen LogP contribution in [0, 0.1) is 5.82 Å². The lowest BCUT2D eigenvalue weighted by molar-refractivity contribution is -0.114. The fraction of sp³-hybridized carbons (Fsp3) is 0.0952. The van der Waals surface area contributed by atoms with Crippen LogP contribution in [0.4, 0.5) is 4.39 Å². The van der Waals surface area contributed by atoms with Gasteiger partial charge in [0.1, 0.15) is 16.4 Å². The van der Waals surface area contributed by atoms with Crippen molar-refractivity contribution in [2.75, 3.05) is 5.75 Å². The molecule has 4 rings (SSSR count). The predicted octanol–water partition coefficient (Wildman–Crippen LogP) is 4.93. The Labute approximate surface area is 168 Å². The molecule has 0 saturated heterocycles. The van der Waals surface area contributed by atoms with Gasteiger partial charge in [0.25, 0.3) is 5.56 Å². The second-order valence-electron chi connectivity index (χ2n) is 6.20. The van der Waals surface area contributed by atoms with Gasteiger partial charge >= 0.3 is 0 Å². The summed E-state index contributed by atoms with van der Waals surface area (Å²) in [5.41, 5.74) is 1.97. The van der Waals surface area contributed by atoms with Gasteiger partial charge in [-0.1, -0.05) is 42.1 Å². The van der Waals surface area contributed by atoms with Crippen LogP contribution >= 0.6 is 23.1 Å². The number of carbonyl (C=O) groups excluding carboxylic acids is 1. The molecule has 140 valence electrons. The Morgan fingerprint density at radius 3 is 2.54 bits per heavy atom. The van der Waals surface area contributed by atoms with Gasteiger partial charge in [0, 0.05) is 10.9 Å². The van der Waals surface area contributed by atoms with E-state index in [1.807, 2.05) is 35.7 Å². The van der Waals surface area contributed by atoms with E-state index in [9.17, 15) is 14.0 Å². The van der Waals surface area contributed by atoms with Gasteiger partial charge < -0.3 is 0 Å². The lowest BCUT2D eigenvalue weighted by atomic mass is 10.1. The highest BCUT2D eigenvalue weighted by atomic mass is 32.2. The highest BCUT2D eigenvalue weighted by molar-refractivity contribution is 7.99. The summed E-state index contributed by atoms with van der Waals surface area (Å²) in [6, 6.07) is 15.3. The van der Waals surface area contributed by atoms with Crippen molar-refractivity contribution in [2.45, 2.75) is 12.1 Å². The Morgan fingerprint density at radius 2 is 1.86 bits per heavy atom. The van der Waals surface area contributed by atoms with Crippen LogP contribution in [0.1, 0.15) is 6.92 Å². The van der Waals surface area contributed by atoms with E-state index in [1.165, 1.54) is 46.7 Å². The largest absolute Gasteiger partial charge is 0.299 e. The first kappa shape index (κ1) is 18.6. The number of aromatic nitrogens is 2. The van der Waals surface area contributed by atoms with E-state index in [-0.39, 0.29) is 22.9 Å². The van der Waals surface area contributed by atoms with Crippen molar-refractivity contribution in [1.29, 1.82) is 0 Å². The quantitative estimate of drug-likeness (QED) is 0.346. The molecule has 0 bridgehead atoms. The Morgan fingerprint density at radius 1 is 1.14 bits per heavy atom. The topological polar surface area (TPSA) is 52.0 Å². The first-order chi connectivity index (χ1) is 13.5. The molecule has 0 N–H and O–H groups in total. The fourth-order valence-electron chi connectivity index (χ4n) is 2.88. The average Bonchev–Trinajstić information content (AvgIpc) is 3.12. The number of nitrogens with zero attached hydrogens (tertiary/aromatic N) is 2. The van der Waals surface area contributed by atoms with E-state index >= 15 is 0 Å². The summed E-state index contributed by atoms with van der Waals surface area (Å²) in [4.78, 5) is 30.2. The molecule has 4 nitrogen and oxygen atoms in total. The van der Waals surface area contributed by atoms with Gasteiger partial charge in [-0.05, 0) is 36.8 Å². The highest BCUT2D eigenvalue weighted by Gasteiger charge is 2.18. The van der Waals surface area contributed by atoms with E-state index in [0.717, 1.165) is 11.1 Å². The first-order valence-electron chi connectivity index (χ1n) is 8.52. The minimum atomic E-state index is -0.328. The molecule has 0 amide bonds. The van der Waals surface area contributed by atoms with Gasteiger partial charge in [0.2, 0.25) is 0 Å². The summed E-state index contributed by atoms with van der Waals surface area (Å²) in [6.07, 6.45) is 0. The zero-order valence-corrected chi connectivity index (χ0v) is 16.5. The van der Waals surface area contributed by atoms with E-state index in [4.69, 9.17) is 0 Å². The lowest BCUT2D eigenvalue weighted by Gasteiger charge is -2.12. The van der Waals surface area contributed by atoms with Crippen molar-refractivity contribution >= 4 is 39.1 Å². The van der Waals surface area contributed by atoms with Gasteiger partial charge in [0.05, 0.1) is 16.8 Å². The Bertz CT molecular complexity index is 1220. The summed E-state index contributed by atoms with van der Waals surface area (Å²) in [7, 11) is 0. The number of thioether (sulfide) groups is 1. The van der Waals surface area contributed by atoms with E-state index in [1.54, 1.807) is 12.1 Å². The number of carbonyl (C=O) groups is 1. The first-order valence-corrected chi connectivity index (χ1v) is 10.4. The molecule has 7 heteroatoms. The minimum Gasteiger partial charge on any atom is -0.299 e. The molecule has 0 fully saturated rings. The van der Waals surface area contributed by atoms with Crippen LogP contribution in [0.2, 0.25) is 0 Å². The molecule has 0 saturated carbocycles. The Balaban J connectivity index is 1.97. The number of rotatable bonds is 5. The predicted molar refractivity (Wildman–Crippen MR) is 112 cm³/mol. The Kier molecular flexibility index (Phi) is 5.11. The molecular weight excluding hydrogens is 395 g/mol. The van der Waals surface area contributed by atoms with Crippen molar-refractivity contribution < 1.29 is 9.18 Å². The molecule has 4 aromatic rings. The molecule has 2 heterocycles. The van der Waals surface area contributed by atoms with Gasteiger partial charge in [-0.25, -0.2) is 9.37 Å². The maximum Gasteiger partial charge on any atom is 0.268 e. The SMILES string of the molecule is CC(=O)CSc1nc2scc(-c3ccc(F)cc3)c2c(=O)n1-c1ccccc1. The molecule has 28 heavy (non-hydrogen) atoms. The number of thiophene rings is 1. The third-order valence-electron chi connectivity index (χ3n) is 4.15. The monoisotopic (exact) mass is 410 g/mol. The van der Waals surface area contributed by atoms with Gasteiger partial charge in [-0.15, -0.1) is 11.3 Å². The van der Waals surface area contributed by atoms with Crippen LogP contribution < -0.4 is 5.56 Å². The third kappa shape index (κ3) is 3.50. The molecule has 0 atom stereocenters. The number of benzene rings is 2. The van der Waals surface area contributed by atoms with E-state index in [0.29, 0.717) is 21.1 Å². The van der Waals surface area contributed by atoms with Crippen LogP contribution in [0.15, 0.2) is 69.9 Å². The van der Waals surface area contributed by atoms with E-state index in [2.05, 4.69) is 4.98 Å². The Hall–Kier alpha value is -2.77. The van der Waals surface area contributed by atoms with Crippen LogP contribution in [-0.4, -0.2) is 21.1 Å². The van der Waals surface area contributed by atoms with Crippen LogP contribution in [-0.2, 0) is 4.79 Å². The number of Topliss-reactive ketones (excluding diaryl/α,β-unsaturated/α-hetero) is 1. The van der Waals surface area contributed by atoms with Gasteiger partial charge in [-0.2, -0.15) is 0 Å². The van der Waals surface area contributed by atoms with E-state index < -0.39 is 0 Å². The van der Waals surface area contributed by atoms with Crippen LogP contribution in [0.3, 0.4) is 0 Å². The van der Waals surface area contributed by atoms with Gasteiger partial charge in [-0.3, -0.25) is 14.2 Å². The summed E-state index contributed by atoms with van der Waals surface area (Å²) in [6.45, 7) is 1.51. The second kappa shape index (κ2) is 7.69. The minimum absolute atomic E-state index is 0.0112. The molecule has 2 aromatic heterocycles. The smallest absolute Gasteiger partial charge is 0.268 e. The molecule has 0 spiro atoms. The normalized spacial score (nSPS) is 11.1. The lowest BCUT2D eigenvalue weighted by Crippen LogP contribution is -2.21. The molecule has 0 aliphatic carbocycles. The average molecular weight is 410 g/mol. The van der Waals surface area contributed by atoms with Crippen molar-refractivity contribution in [1.82, 2.24) is 9.55 Å². The number of hydrogen-bond acceptors (Lipinski definition) is 5. The van der Waals surface area contributed by atoms with Crippen molar-refractivity contribution in [3.8, 4) is 16.8 Å². The standard InChI is InChI=1S/C21H15FN2O2S2/c1-13(25)11-28-21-23-19-18(20(26)24(21)16-5-3-2-4-6-16)17(12-27-19)14-7-9-15(22)10-8-14/h2-10,12H,11H2,1H3. The molecule has 0 aliphatic rings. The molecule has 0 radical (unpaired) electrons. The second-order valence-corrected chi connectivity index (χ2v) is 8.00. The molecular formula is C21H15FN2O2S2. The number of halogens is 1. The van der Waals surface area contributed by atoms with Gasteiger partial charge in [0.15, 0.2) is 5.16 Å². The zero-order chi connectivity index (χ0) is 19.7. The zero-order valence-electron chi connectivity index (χ0n) is 14.9. The number of ketones is 1. The van der Waals surface area contributed by atoms with Crippen LogP contribution in [0.25, 0.3) is 27.0 Å². The molecule has 2 aromatic carbocycles. The van der Waals surface area contributed by atoms with Crippen molar-refractivity contribution in [3.05, 3.63) is 76.1 Å². The summed E-state index contributed by atoms with van der Waals surface area (Å²) in [5, 5.41) is 2.83. The molecule has 0 unspecified atom stereocenters. The fourth-order valence-corrected chi connectivity index (χ4v) is 4.68. The van der Waals surface area contributed by atoms with Crippen molar-refractivity contribution in [3.63, 3.8) is 0 Å². The number of hydrogen-bond donors (Lipinski definition) is 0. The summed E-state index contributed by atoms with van der Waals surface area (Å²) >= 11 is 2.61. The summed E-state index contributed by atoms with van der Waals surface area (Å²) in [5.74, 6) is -0.0794. The number of fused-ring (bicyclic) bond motifs is 1. The molecule has 0 aliphatic heterocycles. The summed E-state index contributed by atoms with van der Waals surface area (Å²) < 4.78 is 14.8. The third-order valence-corrected chi connectivity index (χ3v) is 6.11. The maximum absolute atomic E-state index is 13.5. The van der Waals surface area contributed by atoms with Crippen LogP contribution in [0.5, 0.6) is 0 Å².